The van der Waals surface area contributed by atoms with Crippen LogP contribution in [0.2, 0.25) is 0 Å². The molecule has 37 heavy (non-hydrogen) atoms. The molecule has 5 atom stereocenters. The van der Waals surface area contributed by atoms with E-state index in [2.05, 4.69) is 0 Å². The number of benzene rings is 1. The number of aliphatic hydroxyl groups is 1. The zero-order chi connectivity index (χ0) is 26.7. The molecule has 13 heteroatoms. The van der Waals surface area contributed by atoms with Crippen LogP contribution in [0.25, 0.3) is 0 Å². The van der Waals surface area contributed by atoms with Gasteiger partial charge in [0.05, 0.1) is 12.7 Å². The van der Waals surface area contributed by atoms with E-state index in [4.69, 9.17) is 28.4 Å². The minimum atomic E-state index is -1.60. The summed E-state index contributed by atoms with van der Waals surface area (Å²) in [5.41, 5.74) is -0.317. The summed E-state index contributed by atoms with van der Waals surface area (Å²) in [5.74, 6) is -2.92. The Hall–Kier alpha value is -3.55. The van der Waals surface area contributed by atoms with Crippen LogP contribution in [0.1, 0.15) is 46.7 Å². The number of carbonyl (C=O) groups excluding carboxylic acids is 3. The van der Waals surface area contributed by atoms with Crippen molar-refractivity contribution < 1.29 is 58.1 Å². The number of phenolic OH excluding ortho intramolecular Hbond substituents is 2. The molecule has 4 rings (SSSR count). The molecule has 0 saturated carbocycles. The molecule has 1 aromatic heterocycles. The summed E-state index contributed by atoms with van der Waals surface area (Å²) >= 11 is 1.36. The number of fused-ring (bicyclic) bond motifs is 3. The van der Waals surface area contributed by atoms with Crippen LogP contribution in [0.3, 0.4) is 0 Å². The highest BCUT2D eigenvalue weighted by molar-refractivity contribution is 7.09. The Bertz CT molecular complexity index is 1150. The Labute approximate surface area is 215 Å². The molecule has 1 saturated heterocycles. The standard InChI is InChI=1S/C24H26O12S/c1-3-5-15(26)32-10-14-17(27)21(36-24(30)33-9-11-6-4-7-37-11)22-20(34-14)16-12(23(29)35-22)8-13(25)19(31-2)18(16)28/h4,6-8,14,17,20-22,25,27-28H,3,5,9-10H2,1-2H3. The van der Waals surface area contributed by atoms with Crippen LogP contribution in [-0.4, -0.2) is 71.5 Å². The van der Waals surface area contributed by atoms with E-state index in [9.17, 15) is 29.7 Å². The van der Waals surface area contributed by atoms with Gasteiger partial charge < -0.3 is 43.7 Å². The number of hydrogen-bond acceptors (Lipinski definition) is 13. The number of hydrogen-bond donors (Lipinski definition) is 3. The highest BCUT2D eigenvalue weighted by Gasteiger charge is 2.55. The third-order valence-corrected chi connectivity index (χ3v) is 6.74. The fourth-order valence-corrected chi connectivity index (χ4v) is 4.79. The minimum Gasteiger partial charge on any atom is -0.504 e. The Morgan fingerprint density at radius 3 is 2.68 bits per heavy atom. The number of carbonyl (C=O) groups is 3. The van der Waals surface area contributed by atoms with E-state index in [1.54, 1.807) is 24.4 Å². The van der Waals surface area contributed by atoms with Gasteiger partial charge in [-0.25, -0.2) is 9.59 Å². The first-order valence-electron chi connectivity index (χ1n) is 11.4. The first kappa shape index (κ1) is 26.5. The number of rotatable bonds is 8. The molecular formula is C24H26O12S. The molecule has 0 amide bonds. The lowest BCUT2D eigenvalue weighted by atomic mass is 9.86. The second kappa shape index (κ2) is 11.2. The molecule has 2 aromatic rings. The normalized spacial score (nSPS) is 24.3. The van der Waals surface area contributed by atoms with Crippen molar-refractivity contribution in [2.75, 3.05) is 13.7 Å². The third-order valence-electron chi connectivity index (χ3n) is 5.89. The van der Waals surface area contributed by atoms with Crippen molar-refractivity contribution in [1.29, 1.82) is 0 Å². The number of phenols is 2. The third kappa shape index (κ3) is 5.43. The number of esters is 2. The van der Waals surface area contributed by atoms with Crippen LogP contribution in [-0.2, 0) is 35.1 Å². The molecule has 0 aliphatic carbocycles. The first-order chi connectivity index (χ1) is 17.7. The van der Waals surface area contributed by atoms with Crippen molar-refractivity contribution in [1.82, 2.24) is 0 Å². The van der Waals surface area contributed by atoms with Gasteiger partial charge in [0.25, 0.3) is 0 Å². The van der Waals surface area contributed by atoms with Gasteiger partial charge in [-0.1, -0.05) is 13.0 Å². The van der Waals surface area contributed by atoms with Crippen LogP contribution < -0.4 is 4.74 Å². The molecule has 200 valence electrons. The van der Waals surface area contributed by atoms with Crippen LogP contribution in [0.4, 0.5) is 4.79 Å². The maximum atomic E-state index is 12.8. The molecule has 12 nitrogen and oxygen atoms in total. The molecule has 2 aliphatic heterocycles. The van der Waals surface area contributed by atoms with Gasteiger partial charge in [-0.2, -0.15) is 0 Å². The quantitative estimate of drug-likeness (QED) is 0.332. The summed E-state index contributed by atoms with van der Waals surface area (Å²) < 4.78 is 32.1. The summed E-state index contributed by atoms with van der Waals surface area (Å²) in [5, 5.41) is 33.8. The molecule has 0 bridgehead atoms. The summed E-state index contributed by atoms with van der Waals surface area (Å²) in [6, 6.07) is 4.58. The van der Waals surface area contributed by atoms with Crippen LogP contribution >= 0.6 is 11.3 Å². The Balaban J connectivity index is 1.64. The molecule has 1 aromatic carbocycles. The summed E-state index contributed by atoms with van der Waals surface area (Å²) in [6.07, 6.45) is -7.50. The van der Waals surface area contributed by atoms with Crippen LogP contribution in [0.5, 0.6) is 17.2 Å². The van der Waals surface area contributed by atoms with Gasteiger partial charge in [-0.05, 0) is 23.9 Å². The van der Waals surface area contributed by atoms with Gasteiger partial charge in [0.1, 0.15) is 31.5 Å². The van der Waals surface area contributed by atoms with E-state index in [1.165, 1.54) is 18.4 Å². The second-order valence-corrected chi connectivity index (χ2v) is 9.36. The number of aliphatic hydroxyl groups excluding tert-OH is 1. The largest absolute Gasteiger partial charge is 0.509 e. The maximum Gasteiger partial charge on any atom is 0.509 e. The average Bonchev–Trinajstić information content (AvgIpc) is 3.38. The van der Waals surface area contributed by atoms with Crippen LogP contribution in [0, 0.1) is 0 Å². The zero-order valence-electron chi connectivity index (χ0n) is 19.9. The van der Waals surface area contributed by atoms with Crippen molar-refractivity contribution in [2.24, 2.45) is 0 Å². The average molecular weight is 539 g/mol. The smallest absolute Gasteiger partial charge is 0.504 e. The van der Waals surface area contributed by atoms with Gasteiger partial charge in [-0.15, -0.1) is 11.3 Å². The molecule has 3 heterocycles. The lowest BCUT2D eigenvalue weighted by Crippen LogP contribution is -2.59. The van der Waals surface area contributed by atoms with Gasteiger partial charge in [0.2, 0.25) is 5.75 Å². The van der Waals surface area contributed by atoms with Crippen molar-refractivity contribution in [3.05, 3.63) is 39.6 Å². The molecule has 1 fully saturated rings. The predicted octanol–water partition coefficient (Wildman–Crippen LogP) is 2.57. The van der Waals surface area contributed by atoms with Gasteiger partial charge in [-0.3, -0.25) is 4.79 Å². The highest BCUT2D eigenvalue weighted by Crippen LogP contribution is 2.50. The van der Waals surface area contributed by atoms with Gasteiger partial charge in [0, 0.05) is 16.9 Å². The van der Waals surface area contributed by atoms with E-state index < -0.39 is 66.7 Å². The Kier molecular flexibility index (Phi) is 8.05. The Morgan fingerprint density at radius 1 is 1.22 bits per heavy atom. The predicted molar refractivity (Wildman–Crippen MR) is 124 cm³/mol. The Morgan fingerprint density at radius 2 is 2.00 bits per heavy atom. The number of thiophene rings is 1. The van der Waals surface area contributed by atoms with Crippen molar-refractivity contribution in [3.63, 3.8) is 0 Å². The highest BCUT2D eigenvalue weighted by atomic mass is 32.1. The molecule has 2 aliphatic rings. The SMILES string of the molecule is CCCC(=O)OCC1OC2c3c(cc(O)c(OC)c3O)C(=O)OC2C(OC(=O)OCc2cccs2)C1O. The van der Waals surface area contributed by atoms with E-state index in [-0.39, 0.29) is 29.9 Å². The lowest BCUT2D eigenvalue weighted by molar-refractivity contribution is -0.240. The summed E-state index contributed by atoms with van der Waals surface area (Å²) in [6.45, 7) is 1.30. The van der Waals surface area contributed by atoms with Crippen molar-refractivity contribution >= 4 is 29.4 Å². The lowest BCUT2D eigenvalue weighted by Gasteiger charge is -2.45. The van der Waals surface area contributed by atoms with Crippen molar-refractivity contribution in [3.8, 4) is 17.2 Å². The molecule has 0 spiro atoms. The molecule has 3 N–H and O–H groups in total. The molecule has 5 unspecified atom stereocenters. The summed E-state index contributed by atoms with van der Waals surface area (Å²) in [4.78, 5) is 38.0. The zero-order valence-corrected chi connectivity index (χ0v) is 20.8. The molecule has 0 radical (unpaired) electrons. The topological polar surface area (TPSA) is 167 Å². The van der Waals surface area contributed by atoms with Crippen molar-refractivity contribution in [2.45, 2.75) is 56.9 Å². The fourth-order valence-electron chi connectivity index (χ4n) is 4.18. The van der Waals surface area contributed by atoms with E-state index in [0.717, 1.165) is 10.9 Å². The van der Waals surface area contributed by atoms with E-state index in [0.29, 0.717) is 6.42 Å². The monoisotopic (exact) mass is 538 g/mol. The number of methoxy groups -OCH3 is 1. The fraction of sp³-hybridized carbons (Fsp3) is 0.458. The molecular weight excluding hydrogens is 512 g/mol. The van der Waals surface area contributed by atoms with Gasteiger partial charge >= 0.3 is 18.1 Å². The number of ether oxygens (including phenoxy) is 6. The minimum absolute atomic E-state index is 0.0815. The number of aromatic hydroxyl groups is 2. The van der Waals surface area contributed by atoms with Crippen LogP contribution in [0.15, 0.2) is 23.6 Å². The van der Waals surface area contributed by atoms with E-state index >= 15 is 0 Å². The first-order valence-corrected chi connectivity index (χ1v) is 12.3. The maximum absolute atomic E-state index is 12.8. The van der Waals surface area contributed by atoms with E-state index in [1.807, 2.05) is 0 Å². The summed E-state index contributed by atoms with van der Waals surface area (Å²) in [7, 11) is 1.21. The second-order valence-electron chi connectivity index (χ2n) is 8.33. The van der Waals surface area contributed by atoms with Gasteiger partial charge in [0.15, 0.2) is 23.7 Å².